The van der Waals surface area contributed by atoms with Crippen LogP contribution < -0.4 is 11.1 Å². The summed E-state index contributed by atoms with van der Waals surface area (Å²) in [6, 6.07) is 1.29. The van der Waals surface area contributed by atoms with Crippen LogP contribution >= 0.6 is 0 Å². The van der Waals surface area contributed by atoms with Crippen molar-refractivity contribution in [3.63, 3.8) is 0 Å². The lowest BCUT2D eigenvalue weighted by molar-refractivity contribution is 0.157. The number of rotatable bonds is 4. The van der Waals surface area contributed by atoms with Crippen LogP contribution in [0, 0.1) is 28.9 Å². The first kappa shape index (κ1) is 16.8. The Balaban J connectivity index is 1.60. The van der Waals surface area contributed by atoms with Crippen molar-refractivity contribution in [2.45, 2.75) is 38.1 Å². The van der Waals surface area contributed by atoms with Crippen LogP contribution in [0.1, 0.15) is 43.5 Å². The number of halogens is 2. The highest BCUT2D eigenvalue weighted by Crippen LogP contribution is 2.42. The van der Waals surface area contributed by atoms with Crippen molar-refractivity contribution in [3.05, 3.63) is 41.5 Å². The number of pyridine rings is 1. The molecule has 0 aliphatic heterocycles. The van der Waals surface area contributed by atoms with Gasteiger partial charge < -0.3 is 11.1 Å². The molecule has 3 aliphatic carbocycles. The molecule has 1 atom stereocenters. The first-order valence-electron chi connectivity index (χ1n) is 8.80. The summed E-state index contributed by atoms with van der Waals surface area (Å²) in [6.45, 7) is 0. The van der Waals surface area contributed by atoms with E-state index in [2.05, 4.69) is 20.3 Å². The molecule has 0 amide bonds. The van der Waals surface area contributed by atoms with Gasteiger partial charge in [0.05, 0.1) is 12.4 Å². The predicted molar refractivity (Wildman–Crippen MR) is 94.0 cm³/mol. The summed E-state index contributed by atoms with van der Waals surface area (Å²) in [5.74, 6) is 0.113. The summed E-state index contributed by atoms with van der Waals surface area (Å²) >= 11 is 0. The zero-order valence-electron chi connectivity index (χ0n) is 14.2. The van der Waals surface area contributed by atoms with E-state index in [1.54, 1.807) is 0 Å². The summed E-state index contributed by atoms with van der Waals surface area (Å²) in [7, 11) is 0. The lowest BCUT2D eigenvalue weighted by atomic mass is 9.68. The largest absolute Gasteiger partial charge is 0.383 e. The van der Waals surface area contributed by atoms with Crippen LogP contribution in [0.25, 0.3) is 0 Å². The van der Waals surface area contributed by atoms with Crippen molar-refractivity contribution in [2.24, 2.45) is 11.8 Å². The molecule has 26 heavy (non-hydrogen) atoms. The fraction of sp³-hybridized carbons (Fsp3) is 0.444. The highest BCUT2D eigenvalue weighted by molar-refractivity contribution is 6.11. The molecule has 6 nitrogen and oxygen atoms in total. The van der Waals surface area contributed by atoms with Crippen LogP contribution in [0.15, 0.2) is 18.5 Å². The van der Waals surface area contributed by atoms with Crippen molar-refractivity contribution < 1.29 is 8.78 Å². The highest BCUT2D eigenvalue weighted by atomic mass is 19.1. The van der Waals surface area contributed by atoms with E-state index in [0.717, 1.165) is 37.7 Å². The number of fused-ring (bicyclic) bond motifs is 3. The van der Waals surface area contributed by atoms with E-state index in [9.17, 15) is 8.78 Å². The topological polar surface area (TPSA) is 101 Å². The van der Waals surface area contributed by atoms with Crippen molar-refractivity contribution in [1.29, 1.82) is 5.41 Å². The minimum Gasteiger partial charge on any atom is -0.383 e. The summed E-state index contributed by atoms with van der Waals surface area (Å²) < 4.78 is 27.7. The van der Waals surface area contributed by atoms with Crippen LogP contribution in [0.5, 0.6) is 0 Å². The van der Waals surface area contributed by atoms with E-state index in [0.29, 0.717) is 11.8 Å². The van der Waals surface area contributed by atoms with Gasteiger partial charge in [0, 0.05) is 11.6 Å². The molecule has 2 heterocycles. The summed E-state index contributed by atoms with van der Waals surface area (Å²) in [5.41, 5.74) is 5.61. The molecule has 136 valence electrons. The molecule has 2 aromatic rings. The molecule has 3 aliphatic rings. The van der Waals surface area contributed by atoms with Crippen LogP contribution in [0.4, 0.5) is 20.4 Å². The second-order valence-electron chi connectivity index (χ2n) is 7.12. The molecule has 0 spiro atoms. The van der Waals surface area contributed by atoms with Gasteiger partial charge in [-0.05, 0) is 37.2 Å². The fourth-order valence-electron chi connectivity index (χ4n) is 4.09. The Morgan fingerprint density at radius 3 is 2.62 bits per heavy atom. The Morgan fingerprint density at radius 2 is 1.92 bits per heavy atom. The maximum Gasteiger partial charge on any atom is 0.183 e. The molecule has 0 aromatic carbocycles. The van der Waals surface area contributed by atoms with Crippen molar-refractivity contribution in [1.82, 2.24) is 15.0 Å². The Kier molecular flexibility index (Phi) is 4.26. The number of nitrogens with two attached hydrogens (primary N) is 1. The number of nitrogen functional groups attached to an aromatic ring is 1. The molecular formula is C18H20F2N6. The minimum absolute atomic E-state index is 0.00317. The number of anilines is 2. The monoisotopic (exact) mass is 358 g/mol. The SMILES string of the molecule is N=C(c1ncc(F)c(NC2CC3CCC2CC3)n1)c1cc(F)cnc1N. The molecule has 0 radical (unpaired) electrons. The number of hydrogen-bond donors (Lipinski definition) is 3. The van der Waals surface area contributed by atoms with E-state index in [1.165, 1.54) is 12.8 Å². The van der Waals surface area contributed by atoms with E-state index in [-0.39, 0.29) is 34.8 Å². The van der Waals surface area contributed by atoms with E-state index in [4.69, 9.17) is 11.1 Å². The Bertz CT molecular complexity index is 848. The lowest BCUT2D eigenvalue weighted by Gasteiger charge is -2.42. The van der Waals surface area contributed by atoms with Gasteiger partial charge >= 0.3 is 0 Å². The number of aromatic nitrogens is 3. The Hall–Kier alpha value is -2.64. The average Bonchev–Trinajstić information content (AvgIpc) is 2.66. The molecule has 5 rings (SSSR count). The van der Waals surface area contributed by atoms with Crippen LogP contribution in [-0.4, -0.2) is 26.7 Å². The van der Waals surface area contributed by atoms with Gasteiger partial charge in [-0.25, -0.2) is 23.7 Å². The third kappa shape index (κ3) is 3.11. The summed E-state index contributed by atoms with van der Waals surface area (Å²) in [5, 5.41) is 11.4. The lowest BCUT2D eigenvalue weighted by Crippen LogP contribution is -2.40. The molecule has 3 saturated carbocycles. The quantitative estimate of drug-likeness (QED) is 0.729. The fourth-order valence-corrected chi connectivity index (χ4v) is 4.09. The smallest absolute Gasteiger partial charge is 0.183 e. The van der Waals surface area contributed by atoms with Gasteiger partial charge in [-0.2, -0.15) is 0 Å². The van der Waals surface area contributed by atoms with Crippen molar-refractivity contribution in [3.8, 4) is 0 Å². The average molecular weight is 358 g/mol. The normalized spacial score (nSPS) is 24.5. The zero-order chi connectivity index (χ0) is 18.3. The van der Waals surface area contributed by atoms with E-state index >= 15 is 0 Å². The molecule has 2 aromatic heterocycles. The van der Waals surface area contributed by atoms with Gasteiger partial charge in [0.25, 0.3) is 0 Å². The van der Waals surface area contributed by atoms with Gasteiger partial charge in [0.2, 0.25) is 0 Å². The number of nitrogens with zero attached hydrogens (tertiary/aromatic N) is 3. The van der Waals surface area contributed by atoms with Crippen molar-refractivity contribution >= 4 is 17.3 Å². The van der Waals surface area contributed by atoms with Crippen LogP contribution in [0.3, 0.4) is 0 Å². The van der Waals surface area contributed by atoms with Gasteiger partial charge in [-0.3, -0.25) is 5.41 Å². The molecule has 2 bridgehead atoms. The van der Waals surface area contributed by atoms with Gasteiger partial charge in [0.1, 0.15) is 17.3 Å². The maximum absolute atomic E-state index is 14.2. The number of hydrogen-bond acceptors (Lipinski definition) is 6. The molecule has 3 fully saturated rings. The first-order valence-corrected chi connectivity index (χ1v) is 8.80. The third-order valence-electron chi connectivity index (χ3n) is 5.49. The Morgan fingerprint density at radius 1 is 1.15 bits per heavy atom. The molecular weight excluding hydrogens is 338 g/mol. The second-order valence-corrected chi connectivity index (χ2v) is 7.12. The molecule has 8 heteroatoms. The molecule has 4 N–H and O–H groups in total. The van der Waals surface area contributed by atoms with Gasteiger partial charge in [-0.1, -0.05) is 12.8 Å². The van der Waals surface area contributed by atoms with E-state index in [1.807, 2.05) is 0 Å². The molecule has 1 unspecified atom stereocenters. The molecule has 0 saturated heterocycles. The van der Waals surface area contributed by atoms with Gasteiger partial charge in [-0.15, -0.1) is 0 Å². The minimum atomic E-state index is -0.613. The Labute approximate surface area is 149 Å². The zero-order valence-corrected chi connectivity index (χ0v) is 14.2. The summed E-state index contributed by atoms with van der Waals surface area (Å²) in [6.07, 6.45) is 7.83. The van der Waals surface area contributed by atoms with E-state index < -0.39 is 11.6 Å². The maximum atomic E-state index is 14.2. The summed E-state index contributed by atoms with van der Waals surface area (Å²) in [4.78, 5) is 11.7. The van der Waals surface area contributed by atoms with Crippen LogP contribution in [-0.2, 0) is 0 Å². The standard InChI is InChI=1S/C18H20F2N6/c19-11-6-12(16(22)23-7-11)15(21)18-24-8-13(20)17(26-18)25-14-5-9-1-3-10(14)4-2-9/h6-10,14,21H,1-5H2,(H2,22,23)(H,24,25,26). The van der Waals surface area contributed by atoms with Crippen molar-refractivity contribution in [2.75, 3.05) is 11.1 Å². The first-order chi connectivity index (χ1) is 12.5. The highest BCUT2D eigenvalue weighted by Gasteiger charge is 2.36. The number of nitrogens with one attached hydrogen (secondary N) is 2. The van der Waals surface area contributed by atoms with Crippen LogP contribution in [0.2, 0.25) is 0 Å². The van der Waals surface area contributed by atoms with Gasteiger partial charge in [0.15, 0.2) is 17.5 Å². The second kappa shape index (κ2) is 6.59. The predicted octanol–water partition coefficient (Wildman–Crippen LogP) is 3.14. The third-order valence-corrected chi connectivity index (χ3v) is 5.49.